The molecule has 2 saturated carbocycles. The number of nitrogens with one attached hydrogen (secondary N) is 2. The van der Waals surface area contributed by atoms with Crippen molar-refractivity contribution in [3.05, 3.63) is 0 Å². The van der Waals surface area contributed by atoms with E-state index in [-0.39, 0.29) is 48.3 Å². The molecule has 3 fully saturated rings. The Hall–Kier alpha value is -1.67. The zero-order valence-electron chi connectivity index (χ0n) is 28.0. The summed E-state index contributed by atoms with van der Waals surface area (Å²) in [6.45, 7) is 10.3. The summed E-state index contributed by atoms with van der Waals surface area (Å²) in [5.41, 5.74) is -0.747. The summed E-state index contributed by atoms with van der Waals surface area (Å²) in [5.74, 6) is -1.24. The number of esters is 1. The summed E-state index contributed by atoms with van der Waals surface area (Å²) < 4.78 is 17.5. The summed E-state index contributed by atoms with van der Waals surface area (Å²) in [6.07, 6.45) is 19.2. The van der Waals surface area contributed by atoms with Gasteiger partial charge >= 0.3 is 5.97 Å². The molecule has 1 aliphatic heterocycles. The van der Waals surface area contributed by atoms with Crippen LogP contribution >= 0.6 is 0 Å². The van der Waals surface area contributed by atoms with Crippen molar-refractivity contribution in [3.8, 4) is 0 Å². The molecule has 3 rings (SSSR count). The average molecular weight is 607 g/mol. The standard InChI is InChI=1S/C35H62N2O6/c1-6-7-8-9-10-11-12-16-22-35(23-17-13-18-24-35)32(40)37-27-19-14-15-20-28(27)42-29(38)21-25-36-31(39)30-33(2,3)26-41-34(4,5)43-30/h27-28,30H,6-26H2,1-5H3,(H,36,39)(H,37,40). The first kappa shape index (κ1) is 35.8. The maximum absolute atomic E-state index is 13.8. The fourth-order valence-electron chi connectivity index (χ4n) is 7.07. The van der Waals surface area contributed by atoms with E-state index in [0.717, 1.165) is 64.2 Å². The van der Waals surface area contributed by atoms with E-state index in [4.69, 9.17) is 14.2 Å². The fourth-order valence-corrected chi connectivity index (χ4v) is 7.07. The van der Waals surface area contributed by atoms with Crippen molar-refractivity contribution < 1.29 is 28.6 Å². The predicted octanol–water partition coefficient (Wildman–Crippen LogP) is 7.12. The Morgan fingerprint density at radius 2 is 1.49 bits per heavy atom. The highest BCUT2D eigenvalue weighted by atomic mass is 16.7. The second kappa shape index (κ2) is 17.1. The predicted molar refractivity (Wildman–Crippen MR) is 169 cm³/mol. The zero-order valence-corrected chi connectivity index (χ0v) is 28.0. The third kappa shape index (κ3) is 11.3. The second-order valence-corrected chi connectivity index (χ2v) is 14.7. The number of amides is 2. The first-order valence-corrected chi connectivity index (χ1v) is 17.6. The quantitative estimate of drug-likeness (QED) is 0.143. The van der Waals surface area contributed by atoms with Crippen molar-refractivity contribution in [2.45, 2.75) is 181 Å². The molecule has 0 aromatic heterocycles. The topological polar surface area (TPSA) is 103 Å². The average Bonchev–Trinajstić information content (AvgIpc) is 2.97. The molecule has 2 amide bonds. The number of carbonyl (C=O) groups excluding carboxylic acids is 3. The van der Waals surface area contributed by atoms with Crippen LogP contribution in [0.4, 0.5) is 0 Å². The lowest BCUT2D eigenvalue weighted by molar-refractivity contribution is -0.304. The highest BCUT2D eigenvalue weighted by Crippen LogP contribution is 2.42. The number of ether oxygens (including phenoxy) is 3. The molecule has 43 heavy (non-hydrogen) atoms. The van der Waals surface area contributed by atoms with Crippen LogP contribution in [0, 0.1) is 10.8 Å². The Labute approximate surface area is 261 Å². The maximum Gasteiger partial charge on any atom is 0.307 e. The molecule has 0 aromatic rings. The van der Waals surface area contributed by atoms with Crippen molar-refractivity contribution in [2.24, 2.45) is 10.8 Å². The Morgan fingerprint density at radius 3 is 2.19 bits per heavy atom. The van der Waals surface area contributed by atoms with Gasteiger partial charge in [-0.15, -0.1) is 0 Å². The minimum absolute atomic E-state index is 0.0817. The normalized spacial score (nSPS) is 26.3. The van der Waals surface area contributed by atoms with Crippen LogP contribution in [0.1, 0.15) is 157 Å². The molecule has 3 aliphatic rings. The van der Waals surface area contributed by atoms with Gasteiger partial charge in [-0.25, -0.2) is 0 Å². The van der Waals surface area contributed by atoms with E-state index in [2.05, 4.69) is 17.6 Å². The van der Waals surface area contributed by atoms with Gasteiger partial charge in [0.25, 0.3) is 0 Å². The van der Waals surface area contributed by atoms with Crippen molar-refractivity contribution in [1.82, 2.24) is 10.6 Å². The first-order chi connectivity index (χ1) is 20.5. The monoisotopic (exact) mass is 606 g/mol. The molecule has 3 unspecified atom stereocenters. The van der Waals surface area contributed by atoms with Gasteiger partial charge in [-0.05, 0) is 52.4 Å². The Kier molecular flexibility index (Phi) is 14.3. The lowest BCUT2D eigenvalue weighted by atomic mass is 9.70. The van der Waals surface area contributed by atoms with Gasteiger partial charge in [-0.2, -0.15) is 0 Å². The summed E-state index contributed by atoms with van der Waals surface area (Å²) in [6, 6.07) is -0.143. The minimum atomic E-state index is -0.832. The van der Waals surface area contributed by atoms with Crippen LogP contribution in [-0.4, -0.2) is 55.0 Å². The lowest BCUT2D eigenvalue weighted by Gasteiger charge is -2.44. The zero-order chi connectivity index (χ0) is 31.3. The summed E-state index contributed by atoms with van der Waals surface area (Å²) in [7, 11) is 0. The molecule has 8 heteroatoms. The summed E-state index contributed by atoms with van der Waals surface area (Å²) in [5, 5.41) is 6.24. The SMILES string of the molecule is CCCCCCCCCCC1(C(=O)NC2CCCCC2OC(=O)CCNC(=O)C2OC(C)(C)OCC2(C)C)CCCCC1. The van der Waals surface area contributed by atoms with E-state index >= 15 is 0 Å². The first-order valence-electron chi connectivity index (χ1n) is 17.6. The molecular weight excluding hydrogens is 544 g/mol. The van der Waals surface area contributed by atoms with Crippen molar-refractivity contribution in [1.29, 1.82) is 0 Å². The van der Waals surface area contributed by atoms with Crippen LogP contribution < -0.4 is 10.6 Å². The van der Waals surface area contributed by atoms with Crippen LogP contribution in [0.2, 0.25) is 0 Å². The van der Waals surface area contributed by atoms with Crippen LogP contribution in [-0.2, 0) is 28.6 Å². The largest absolute Gasteiger partial charge is 0.460 e. The van der Waals surface area contributed by atoms with Gasteiger partial charge in [0.05, 0.1) is 19.1 Å². The lowest BCUT2D eigenvalue weighted by Crippen LogP contribution is -2.56. The number of hydrogen-bond acceptors (Lipinski definition) is 6. The van der Waals surface area contributed by atoms with Crippen molar-refractivity contribution in [3.63, 3.8) is 0 Å². The molecule has 8 nitrogen and oxygen atoms in total. The molecular formula is C35H62N2O6. The van der Waals surface area contributed by atoms with Gasteiger partial charge in [0.2, 0.25) is 11.8 Å². The smallest absolute Gasteiger partial charge is 0.307 e. The third-order valence-electron chi connectivity index (χ3n) is 9.87. The molecule has 3 atom stereocenters. The highest BCUT2D eigenvalue weighted by Gasteiger charge is 2.46. The van der Waals surface area contributed by atoms with Gasteiger partial charge in [0, 0.05) is 17.4 Å². The van der Waals surface area contributed by atoms with Gasteiger partial charge in [-0.3, -0.25) is 14.4 Å². The molecule has 0 bridgehead atoms. The molecule has 2 N–H and O–H groups in total. The molecule has 248 valence electrons. The third-order valence-corrected chi connectivity index (χ3v) is 9.87. The molecule has 1 saturated heterocycles. The van der Waals surface area contributed by atoms with E-state index in [0.29, 0.717) is 6.61 Å². The van der Waals surface area contributed by atoms with E-state index < -0.39 is 17.3 Å². The van der Waals surface area contributed by atoms with E-state index in [1.807, 2.05) is 13.8 Å². The fraction of sp³-hybridized carbons (Fsp3) is 0.914. The van der Waals surface area contributed by atoms with Gasteiger partial charge < -0.3 is 24.8 Å². The Balaban J connectivity index is 1.46. The maximum atomic E-state index is 13.8. The van der Waals surface area contributed by atoms with Crippen molar-refractivity contribution in [2.75, 3.05) is 13.2 Å². The van der Waals surface area contributed by atoms with Crippen LogP contribution in [0.5, 0.6) is 0 Å². The molecule has 0 spiro atoms. The van der Waals surface area contributed by atoms with E-state index in [1.54, 1.807) is 13.8 Å². The van der Waals surface area contributed by atoms with Gasteiger partial charge in [0.15, 0.2) is 5.79 Å². The summed E-state index contributed by atoms with van der Waals surface area (Å²) >= 11 is 0. The Bertz CT molecular complexity index is 882. The number of hydrogen-bond donors (Lipinski definition) is 2. The molecule has 2 aliphatic carbocycles. The van der Waals surface area contributed by atoms with Crippen LogP contribution in [0.3, 0.4) is 0 Å². The van der Waals surface area contributed by atoms with Crippen molar-refractivity contribution >= 4 is 17.8 Å². The minimum Gasteiger partial charge on any atom is -0.460 e. The number of unbranched alkanes of at least 4 members (excludes halogenated alkanes) is 7. The van der Waals surface area contributed by atoms with E-state index in [1.165, 1.54) is 51.4 Å². The number of rotatable bonds is 16. The molecule has 1 heterocycles. The summed E-state index contributed by atoms with van der Waals surface area (Å²) in [4.78, 5) is 39.6. The number of carbonyl (C=O) groups is 3. The van der Waals surface area contributed by atoms with Gasteiger partial charge in [0.1, 0.15) is 12.2 Å². The van der Waals surface area contributed by atoms with Crippen LogP contribution in [0.15, 0.2) is 0 Å². The van der Waals surface area contributed by atoms with E-state index in [9.17, 15) is 14.4 Å². The van der Waals surface area contributed by atoms with Crippen LogP contribution in [0.25, 0.3) is 0 Å². The van der Waals surface area contributed by atoms with Gasteiger partial charge in [-0.1, -0.05) is 97.8 Å². The molecule has 0 aromatic carbocycles. The second-order valence-electron chi connectivity index (χ2n) is 14.7. The molecule has 0 radical (unpaired) electrons. The Morgan fingerprint density at radius 1 is 0.837 bits per heavy atom. The highest BCUT2D eigenvalue weighted by molar-refractivity contribution is 5.83.